The molecule has 1 heterocycles. The molecule has 2 N–H and O–H groups in total. The van der Waals surface area contributed by atoms with Gasteiger partial charge in [-0.1, -0.05) is 13.0 Å². The highest BCUT2D eigenvalue weighted by Gasteiger charge is 2.31. The first-order valence-corrected chi connectivity index (χ1v) is 5.46. The maximum absolute atomic E-state index is 11.8. The predicted molar refractivity (Wildman–Crippen MR) is 64.5 cm³/mol. The molecule has 1 aliphatic heterocycles. The molecule has 0 fully saturated rings. The molecule has 1 unspecified atom stereocenters. The van der Waals surface area contributed by atoms with E-state index in [-0.39, 0.29) is 17.5 Å². The molecule has 2 rings (SSSR count). The van der Waals surface area contributed by atoms with Crippen molar-refractivity contribution in [1.82, 2.24) is 0 Å². The number of para-hydroxylation sites is 1. The number of likely N-dealkylation sites (N-methyl/N-ethyl adjacent to an activating group) is 1. The van der Waals surface area contributed by atoms with Crippen molar-refractivity contribution in [2.75, 3.05) is 17.3 Å². The van der Waals surface area contributed by atoms with Gasteiger partial charge in [0.1, 0.15) is 6.04 Å². The molecule has 1 aromatic carbocycles. The Kier molecular flexibility index (Phi) is 2.75. The number of hydrogen-bond donors (Lipinski definition) is 2. The van der Waals surface area contributed by atoms with E-state index in [2.05, 4.69) is 5.32 Å². The molecule has 1 aromatic rings. The summed E-state index contributed by atoms with van der Waals surface area (Å²) in [6.07, 6.45) is 0.635. The van der Waals surface area contributed by atoms with Crippen LogP contribution in [-0.2, 0) is 4.79 Å². The smallest absolute Gasteiger partial charge is 0.337 e. The maximum Gasteiger partial charge on any atom is 0.337 e. The van der Waals surface area contributed by atoms with Gasteiger partial charge in [0.2, 0.25) is 5.91 Å². The van der Waals surface area contributed by atoms with Crippen molar-refractivity contribution in [2.45, 2.75) is 19.4 Å². The molecule has 0 radical (unpaired) electrons. The topological polar surface area (TPSA) is 69.6 Å². The van der Waals surface area contributed by atoms with Gasteiger partial charge in [0, 0.05) is 7.05 Å². The van der Waals surface area contributed by atoms with Crippen LogP contribution in [0.4, 0.5) is 11.4 Å². The Hall–Kier alpha value is -2.04. The summed E-state index contributed by atoms with van der Waals surface area (Å²) in [5.41, 5.74) is 1.34. The number of carbonyl (C=O) groups excluding carboxylic acids is 1. The largest absolute Gasteiger partial charge is 0.478 e. The molecule has 1 aliphatic rings. The number of benzene rings is 1. The zero-order chi connectivity index (χ0) is 12.6. The fraction of sp³-hybridized carbons (Fsp3) is 0.333. The number of nitrogens with zero attached hydrogens (tertiary/aromatic N) is 1. The summed E-state index contributed by atoms with van der Waals surface area (Å²) in [5, 5.41) is 11.9. The van der Waals surface area contributed by atoms with Gasteiger partial charge in [-0.3, -0.25) is 4.79 Å². The maximum atomic E-state index is 11.8. The number of carboxylic acid groups (broad SMARTS) is 1. The van der Waals surface area contributed by atoms with Crippen molar-refractivity contribution in [3.63, 3.8) is 0 Å². The number of hydrogen-bond acceptors (Lipinski definition) is 3. The van der Waals surface area contributed by atoms with E-state index in [1.54, 1.807) is 30.1 Å². The number of rotatable bonds is 2. The van der Waals surface area contributed by atoms with Gasteiger partial charge in [-0.2, -0.15) is 0 Å². The quantitative estimate of drug-likeness (QED) is 0.814. The van der Waals surface area contributed by atoms with Crippen molar-refractivity contribution in [3.8, 4) is 0 Å². The third-order valence-electron chi connectivity index (χ3n) is 3.03. The molecule has 0 aromatic heterocycles. The summed E-state index contributed by atoms with van der Waals surface area (Å²) < 4.78 is 0. The van der Waals surface area contributed by atoms with Crippen LogP contribution in [0.1, 0.15) is 23.7 Å². The number of aromatic carboxylic acids is 1. The summed E-state index contributed by atoms with van der Waals surface area (Å²) >= 11 is 0. The predicted octanol–water partition coefficient (Wildman–Crippen LogP) is 1.55. The van der Waals surface area contributed by atoms with Crippen LogP contribution in [0.2, 0.25) is 0 Å². The fourth-order valence-corrected chi connectivity index (χ4v) is 2.20. The highest BCUT2D eigenvalue weighted by atomic mass is 16.4. The third kappa shape index (κ3) is 1.73. The highest BCUT2D eigenvalue weighted by molar-refractivity contribution is 6.08. The van der Waals surface area contributed by atoms with Crippen LogP contribution in [0.5, 0.6) is 0 Å². The Balaban J connectivity index is 2.58. The van der Waals surface area contributed by atoms with Gasteiger partial charge in [0.25, 0.3) is 0 Å². The molecule has 17 heavy (non-hydrogen) atoms. The van der Waals surface area contributed by atoms with E-state index in [1.807, 2.05) is 6.92 Å². The van der Waals surface area contributed by atoms with Gasteiger partial charge in [-0.15, -0.1) is 0 Å². The average molecular weight is 234 g/mol. The number of amides is 1. The Morgan fingerprint density at radius 1 is 1.53 bits per heavy atom. The highest BCUT2D eigenvalue weighted by Crippen LogP contribution is 2.35. The lowest BCUT2D eigenvalue weighted by Crippen LogP contribution is -2.46. The number of carbonyl (C=O) groups is 2. The zero-order valence-corrected chi connectivity index (χ0v) is 9.73. The molecule has 1 atom stereocenters. The van der Waals surface area contributed by atoms with E-state index in [1.165, 1.54) is 0 Å². The Bertz CT molecular complexity index is 485. The zero-order valence-electron chi connectivity index (χ0n) is 9.73. The van der Waals surface area contributed by atoms with Gasteiger partial charge in [0.05, 0.1) is 16.9 Å². The van der Waals surface area contributed by atoms with Crippen LogP contribution in [0.15, 0.2) is 18.2 Å². The Morgan fingerprint density at radius 2 is 2.24 bits per heavy atom. The lowest BCUT2D eigenvalue weighted by Gasteiger charge is -2.35. The molecule has 90 valence electrons. The number of carboxylic acids is 1. The molecular weight excluding hydrogens is 220 g/mol. The van der Waals surface area contributed by atoms with E-state index in [4.69, 9.17) is 5.11 Å². The molecule has 0 saturated carbocycles. The Labute approximate surface area is 99.0 Å². The second-order valence-electron chi connectivity index (χ2n) is 4.03. The van der Waals surface area contributed by atoms with Gasteiger partial charge >= 0.3 is 5.97 Å². The summed E-state index contributed by atoms with van der Waals surface area (Å²) in [6.45, 7) is 1.90. The first-order chi connectivity index (χ1) is 8.06. The number of fused-ring (bicyclic) bond motifs is 1. The summed E-state index contributed by atoms with van der Waals surface area (Å²) in [7, 11) is 1.75. The van der Waals surface area contributed by atoms with Gasteiger partial charge in [-0.05, 0) is 18.6 Å². The van der Waals surface area contributed by atoms with Gasteiger partial charge < -0.3 is 15.3 Å². The van der Waals surface area contributed by atoms with Crippen molar-refractivity contribution >= 4 is 23.3 Å². The lowest BCUT2D eigenvalue weighted by atomic mass is 10.0. The van der Waals surface area contributed by atoms with Crippen LogP contribution < -0.4 is 10.2 Å². The third-order valence-corrected chi connectivity index (χ3v) is 3.03. The molecule has 0 spiro atoms. The first-order valence-electron chi connectivity index (χ1n) is 5.46. The molecule has 1 amide bonds. The molecule has 0 bridgehead atoms. The summed E-state index contributed by atoms with van der Waals surface area (Å²) in [6, 6.07) is 4.56. The second-order valence-corrected chi connectivity index (χ2v) is 4.03. The first kappa shape index (κ1) is 11.4. The second kappa shape index (κ2) is 4.08. The van der Waals surface area contributed by atoms with Crippen molar-refractivity contribution in [2.24, 2.45) is 0 Å². The molecule has 0 saturated heterocycles. The number of nitrogens with one attached hydrogen (secondary N) is 1. The van der Waals surface area contributed by atoms with Crippen LogP contribution in [-0.4, -0.2) is 30.1 Å². The van der Waals surface area contributed by atoms with E-state index in [9.17, 15) is 9.59 Å². The summed E-state index contributed by atoms with van der Waals surface area (Å²) in [5.74, 6) is -1.08. The minimum Gasteiger partial charge on any atom is -0.478 e. The van der Waals surface area contributed by atoms with Crippen LogP contribution >= 0.6 is 0 Å². The molecule has 5 nitrogen and oxygen atoms in total. The van der Waals surface area contributed by atoms with Crippen molar-refractivity contribution in [1.29, 1.82) is 0 Å². The normalized spacial score (nSPS) is 18.6. The van der Waals surface area contributed by atoms with Crippen LogP contribution in [0.25, 0.3) is 0 Å². The standard InChI is InChI=1S/C12H14N2O3/c1-3-9-11(15)13-8-6-4-5-7(12(16)17)10(8)14(9)2/h4-6,9H,3H2,1-2H3,(H,13,15)(H,16,17). The van der Waals surface area contributed by atoms with E-state index >= 15 is 0 Å². The van der Waals surface area contributed by atoms with Gasteiger partial charge in [0.15, 0.2) is 0 Å². The minimum absolute atomic E-state index is 0.0926. The van der Waals surface area contributed by atoms with Gasteiger partial charge in [-0.25, -0.2) is 4.79 Å². The summed E-state index contributed by atoms with van der Waals surface area (Å²) in [4.78, 5) is 24.7. The molecule has 0 aliphatic carbocycles. The van der Waals surface area contributed by atoms with Crippen molar-refractivity contribution < 1.29 is 14.7 Å². The van der Waals surface area contributed by atoms with Crippen LogP contribution in [0.3, 0.4) is 0 Å². The van der Waals surface area contributed by atoms with E-state index in [0.717, 1.165) is 0 Å². The fourth-order valence-electron chi connectivity index (χ4n) is 2.20. The monoisotopic (exact) mass is 234 g/mol. The lowest BCUT2D eigenvalue weighted by molar-refractivity contribution is -0.117. The molecular formula is C12H14N2O3. The Morgan fingerprint density at radius 3 is 2.82 bits per heavy atom. The van der Waals surface area contributed by atoms with E-state index in [0.29, 0.717) is 17.8 Å². The van der Waals surface area contributed by atoms with Crippen molar-refractivity contribution in [3.05, 3.63) is 23.8 Å². The minimum atomic E-state index is -0.986. The van der Waals surface area contributed by atoms with Crippen LogP contribution in [0, 0.1) is 0 Å². The average Bonchev–Trinajstić information content (AvgIpc) is 2.28. The molecule has 5 heteroatoms. The van der Waals surface area contributed by atoms with E-state index < -0.39 is 5.97 Å². The number of anilines is 2. The SMILES string of the molecule is CCC1C(=O)Nc2cccc(C(=O)O)c2N1C.